The highest BCUT2D eigenvalue weighted by Crippen LogP contribution is 2.26. The quantitative estimate of drug-likeness (QED) is 0.611. The maximum absolute atomic E-state index is 13.3. The van der Waals surface area contributed by atoms with E-state index in [1.54, 1.807) is 18.5 Å². The number of halogens is 1. The number of hydrogen-bond acceptors (Lipinski definition) is 5. The SMILES string of the molecule is O=C(C1CCCN(c2cc(-c3ccccc3)ncn2)C1)N1CCN(c2ccc(F)cc2)CC1. The van der Waals surface area contributed by atoms with Crippen LogP contribution in [0.5, 0.6) is 0 Å². The third-order valence-electron chi connectivity index (χ3n) is 6.60. The molecule has 0 bridgehead atoms. The van der Waals surface area contributed by atoms with Gasteiger partial charge in [-0.05, 0) is 37.1 Å². The summed E-state index contributed by atoms with van der Waals surface area (Å²) in [5, 5.41) is 0. The fourth-order valence-electron chi connectivity index (χ4n) is 4.77. The molecule has 170 valence electrons. The van der Waals surface area contributed by atoms with Gasteiger partial charge in [0, 0.05) is 56.6 Å². The topological polar surface area (TPSA) is 52.6 Å². The Kier molecular flexibility index (Phi) is 6.19. The van der Waals surface area contributed by atoms with E-state index in [1.807, 2.05) is 41.3 Å². The number of hydrogen-bond donors (Lipinski definition) is 0. The zero-order chi connectivity index (χ0) is 22.6. The second-order valence-electron chi connectivity index (χ2n) is 8.70. The van der Waals surface area contributed by atoms with Crippen molar-refractivity contribution in [3.05, 3.63) is 72.8 Å². The molecule has 2 saturated heterocycles. The smallest absolute Gasteiger partial charge is 0.227 e. The van der Waals surface area contributed by atoms with E-state index in [1.165, 1.54) is 12.1 Å². The van der Waals surface area contributed by atoms with Gasteiger partial charge in [-0.2, -0.15) is 0 Å². The van der Waals surface area contributed by atoms with Crippen molar-refractivity contribution in [3.63, 3.8) is 0 Å². The van der Waals surface area contributed by atoms with E-state index in [0.29, 0.717) is 19.6 Å². The molecule has 1 atom stereocenters. The molecule has 1 unspecified atom stereocenters. The first-order valence-corrected chi connectivity index (χ1v) is 11.6. The number of benzene rings is 2. The molecule has 0 aliphatic carbocycles. The molecule has 1 aromatic heterocycles. The minimum absolute atomic E-state index is 0.0220. The van der Waals surface area contributed by atoms with Gasteiger partial charge in [0.2, 0.25) is 5.91 Å². The van der Waals surface area contributed by atoms with Gasteiger partial charge in [0.05, 0.1) is 11.6 Å². The van der Waals surface area contributed by atoms with E-state index >= 15 is 0 Å². The lowest BCUT2D eigenvalue weighted by atomic mass is 9.96. The molecule has 3 aromatic rings. The van der Waals surface area contributed by atoms with Crippen molar-refractivity contribution in [2.75, 3.05) is 49.1 Å². The van der Waals surface area contributed by atoms with Crippen molar-refractivity contribution in [2.45, 2.75) is 12.8 Å². The van der Waals surface area contributed by atoms with Crippen LogP contribution < -0.4 is 9.80 Å². The van der Waals surface area contributed by atoms with Gasteiger partial charge < -0.3 is 14.7 Å². The number of anilines is 2. The maximum Gasteiger partial charge on any atom is 0.227 e. The van der Waals surface area contributed by atoms with E-state index in [4.69, 9.17) is 0 Å². The van der Waals surface area contributed by atoms with E-state index in [2.05, 4.69) is 19.8 Å². The molecule has 0 saturated carbocycles. The number of nitrogens with zero attached hydrogens (tertiary/aromatic N) is 5. The van der Waals surface area contributed by atoms with Crippen molar-refractivity contribution in [1.29, 1.82) is 0 Å². The highest BCUT2D eigenvalue weighted by Gasteiger charge is 2.31. The third kappa shape index (κ3) is 4.82. The van der Waals surface area contributed by atoms with Crippen molar-refractivity contribution in [1.82, 2.24) is 14.9 Å². The summed E-state index contributed by atoms with van der Waals surface area (Å²) in [6.45, 7) is 4.49. The molecule has 2 aromatic carbocycles. The van der Waals surface area contributed by atoms with Crippen LogP contribution in [0.25, 0.3) is 11.3 Å². The third-order valence-corrected chi connectivity index (χ3v) is 6.60. The predicted molar refractivity (Wildman–Crippen MR) is 128 cm³/mol. The van der Waals surface area contributed by atoms with Gasteiger partial charge >= 0.3 is 0 Å². The molecule has 33 heavy (non-hydrogen) atoms. The number of carbonyl (C=O) groups excluding carboxylic acids is 1. The monoisotopic (exact) mass is 445 g/mol. The molecule has 7 heteroatoms. The molecular formula is C26H28FN5O. The number of amides is 1. The van der Waals surface area contributed by atoms with E-state index in [9.17, 15) is 9.18 Å². The van der Waals surface area contributed by atoms with Crippen LogP contribution in [-0.4, -0.2) is 60.0 Å². The summed E-state index contributed by atoms with van der Waals surface area (Å²) in [6, 6.07) is 18.7. The first-order valence-electron chi connectivity index (χ1n) is 11.6. The molecular weight excluding hydrogens is 417 g/mol. The van der Waals surface area contributed by atoms with Crippen LogP contribution in [-0.2, 0) is 4.79 Å². The van der Waals surface area contributed by atoms with Crippen LogP contribution >= 0.6 is 0 Å². The van der Waals surface area contributed by atoms with Gasteiger partial charge in [-0.15, -0.1) is 0 Å². The van der Waals surface area contributed by atoms with Crippen molar-refractivity contribution >= 4 is 17.4 Å². The molecule has 0 spiro atoms. The lowest BCUT2D eigenvalue weighted by Crippen LogP contribution is -2.52. The Morgan fingerprint density at radius 1 is 0.879 bits per heavy atom. The minimum atomic E-state index is -0.228. The van der Waals surface area contributed by atoms with E-state index < -0.39 is 0 Å². The van der Waals surface area contributed by atoms with Crippen LogP contribution in [0.15, 0.2) is 67.0 Å². The fourth-order valence-corrected chi connectivity index (χ4v) is 4.77. The predicted octanol–water partition coefficient (Wildman–Crippen LogP) is 3.85. The van der Waals surface area contributed by atoms with Crippen LogP contribution in [0, 0.1) is 11.7 Å². The first-order chi connectivity index (χ1) is 16.2. The number of aromatic nitrogens is 2. The highest BCUT2D eigenvalue weighted by atomic mass is 19.1. The van der Waals surface area contributed by atoms with Gasteiger partial charge in [-0.1, -0.05) is 30.3 Å². The Morgan fingerprint density at radius 3 is 2.39 bits per heavy atom. The summed E-state index contributed by atoms with van der Waals surface area (Å²) >= 11 is 0. The zero-order valence-electron chi connectivity index (χ0n) is 18.6. The summed E-state index contributed by atoms with van der Waals surface area (Å²) in [6.07, 6.45) is 3.48. The summed E-state index contributed by atoms with van der Waals surface area (Å²) in [5.41, 5.74) is 2.96. The van der Waals surface area contributed by atoms with Gasteiger partial charge in [0.25, 0.3) is 0 Å². The minimum Gasteiger partial charge on any atom is -0.368 e. The van der Waals surface area contributed by atoms with Crippen molar-refractivity contribution < 1.29 is 9.18 Å². The number of rotatable bonds is 4. The van der Waals surface area contributed by atoms with Gasteiger partial charge in [0.15, 0.2) is 0 Å². The van der Waals surface area contributed by atoms with Gasteiger partial charge in [-0.25, -0.2) is 14.4 Å². The average molecular weight is 446 g/mol. The number of carbonyl (C=O) groups is 1. The molecule has 2 aliphatic rings. The van der Waals surface area contributed by atoms with Gasteiger partial charge in [-0.3, -0.25) is 4.79 Å². The normalized spacial score (nSPS) is 18.9. The summed E-state index contributed by atoms with van der Waals surface area (Å²) in [4.78, 5) is 28.7. The molecule has 2 aliphatic heterocycles. The van der Waals surface area contributed by atoms with Crippen LogP contribution in [0.3, 0.4) is 0 Å². The molecule has 1 amide bonds. The van der Waals surface area contributed by atoms with Crippen molar-refractivity contribution in [3.8, 4) is 11.3 Å². The molecule has 0 radical (unpaired) electrons. The van der Waals surface area contributed by atoms with Crippen LogP contribution in [0.4, 0.5) is 15.9 Å². The number of piperidine rings is 1. The average Bonchev–Trinajstić information content (AvgIpc) is 2.89. The second kappa shape index (κ2) is 9.57. The summed E-state index contributed by atoms with van der Waals surface area (Å²) < 4.78 is 13.2. The van der Waals surface area contributed by atoms with Crippen LogP contribution in [0.2, 0.25) is 0 Å². The standard InChI is InChI=1S/C26H28FN5O/c27-22-8-10-23(11-9-22)30-13-15-31(16-14-30)26(33)21-7-4-12-32(18-21)25-17-24(28-19-29-25)20-5-2-1-3-6-20/h1-3,5-6,8-11,17,19,21H,4,7,12-16,18H2. The Balaban J connectivity index is 1.21. The molecule has 2 fully saturated rings. The lowest BCUT2D eigenvalue weighted by molar-refractivity contribution is -0.136. The molecule has 0 N–H and O–H groups in total. The number of piperazine rings is 1. The molecule has 3 heterocycles. The fraction of sp³-hybridized carbons (Fsp3) is 0.346. The van der Waals surface area contributed by atoms with Crippen molar-refractivity contribution in [2.24, 2.45) is 5.92 Å². The zero-order valence-corrected chi connectivity index (χ0v) is 18.6. The highest BCUT2D eigenvalue weighted by molar-refractivity contribution is 5.80. The first kappa shape index (κ1) is 21.4. The molecule has 6 nitrogen and oxygen atoms in total. The van der Waals surface area contributed by atoms with Crippen LogP contribution in [0.1, 0.15) is 12.8 Å². The lowest BCUT2D eigenvalue weighted by Gasteiger charge is -2.40. The second-order valence-corrected chi connectivity index (χ2v) is 8.70. The molecule has 5 rings (SSSR count). The Hall–Kier alpha value is -3.48. The van der Waals surface area contributed by atoms with E-state index in [0.717, 1.165) is 55.2 Å². The summed E-state index contributed by atoms with van der Waals surface area (Å²) in [5.74, 6) is 0.860. The maximum atomic E-state index is 13.3. The van der Waals surface area contributed by atoms with Gasteiger partial charge in [0.1, 0.15) is 18.0 Å². The largest absolute Gasteiger partial charge is 0.368 e. The Morgan fingerprint density at radius 2 is 1.64 bits per heavy atom. The Bertz CT molecular complexity index is 1080. The Labute approximate surface area is 193 Å². The van der Waals surface area contributed by atoms with E-state index in [-0.39, 0.29) is 17.6 Å². The summed E-state index contributed by atoms with van der Waals surface area (Å²) in [7, 11) is 0.